The van der Waals surface area contributed by atoms with Gasteiger partial charge >= 0.3 is 0 Å². The van der Waals surface area contributed by atoms with Gasteiger partial charge in [-0.3, -0.25) is 4.79 Å². The molecule has 0 bridgehead atoms. The maximum absolute atomic E-state index is 11.4. The number of carbonyl (C=O) groups is 1. The van der Waals surface area contributed by atoms with E-state index < -0.39 is 0 Å². The first-order valence-electron chi connectivity index (χ1n) is 3.94. The topological polar surface area (TPSA) is 46.3 Å². The second-order valence-electron chi connectivity index (χ2n) is 3.10. The van der Waals surface area contributed by atoms with Gasteiger partial charge in [-0.1, -0.05) is 0 Å². The van der Waals surface area contributed by atoms with Crippen LogP contribution < -0.4 is 10.6 Å². The number of nitrogens with two attached hydrogens (primary N) is 1. The highest BCUT2D eigenvalue weighted by atomic mass is 79.9. The van der Waals surface area contributed by atoms with Crippen molar-refractivity contribution in [3.8, 4) is 0 Å². The number of carbonyl (C=O) groups excluding carboxylic acids is 1. The van der Waals surface area contributed by atoms with Gasteiger partial charge in [-0.2, -0.15) is 0 Å². The summed E-state index contributed by atoms with van der Waals surface area (Å²) in [7, 11) is 1.77. The molecule has 0 saturated heterocycles. The summed E-state index contributed by atoms with van der Waals surface area (Å²) in [6.07, 6.45) is 0.442. The molecule has 1 aliphatic rings. The number of nitrogens with zero attached hydrogens (tertiary/aromatic N) is 1. The van der Waals surface area contributed by atoms with Crippen molar-refractivity contribution in [2.24, 2.45) is 0 Å². The summed E-state index contributed by atoms with van der Waals surface area (Å²) in [5.74, 6) is 0.112. The molecule has 0 unspecified atom stereocenters. The van der Waals surface area contributed by atoms with E-state index >= 15 is 0 Å². The standard InChI is InChI=1S/C9H9BrN2O/c1-12-7-3-2-6(11)9(10)5(7)4-8(12)13/h2-3H,4,11H2,1H3. The quantitative estimate of drug-likeness (QED) is 0.700. The van der Waals surface area contributed by atoms with E-state index in [1.165, 1.54) is 0 Å². The van der Waals surface area contributed by atoms with Crippen LogP contribution in [0.1, 0.15) is 5.56 Å². The van der Waals surface area contributed by atoms with Crippen LogP contribution >= 0.6 is 15.9 Å². The Balaban J connectivity index is 2.64. The number of likely N-dealkylation sites (N-methyl/N-ethyl adjacent to an activating group) is 1. The summed E-state index contributed by atoms with van der Waals surface area (Å²) in [6.45, 7) is 0. The van der Waals surface area contributed by atoms with E-state index in [4.69, 9.17) is 5.73 Å². The molecule has 3 nitrogen and oxygen atoms in total. The van der Waals surface area contributed by atoms with E-state index in [0.29, 0.717) is 12.1 Å². The zero-order chi connectivity index (χ0) is 9.59. The first-order chi connectivity index (χ1) is 6.11. The molecule has 4 heteroatoms. The SMILES string of the molecule is CN1C(=O)Cc2c1ccc(N)c2Br. The van der Waals surface area contributed by atoms with Crippen LogP contribution in [-0.2, 0) is 11.2 Å². The molecular formula is C9H9BrN2O. The number of hydrogen-bond acceptors (Lipinski definition) is 2. The lowest BCUT2D eigenvalue weighted by molar-refractivity contribution is -0.117. The van der Waals surface area contributed by atoms with E-state index in [1.54, 1.807) is 18.0 Å². The van der Waals surface area contributed by atoms with Crippen molar-refractivity contribution in [3.05, 3.63) is 22.2 Å². The van der Waals surface area contributed by atoms with Gasteiger partial charge in [-0.15, -0.1) is 0 Å². The Morgan fingerprint density at radius 2 is 2.23 bits per heavy atom. The molecule has 0 aliphatic carbocycles. The van der Waals surface area contributed by atoms with Crippen molar-refractivity contribution in [1.82, 2.24) is 0 Å². The Morgan fingerprint density at radius 3 is 2.92 bits per heavy atom. The highest BCUT2D eigenvalue weighted by Crippen LogP contribution is 2.36. The fourth-order valence-corrected chi connectivity index (χ4v) is 1.99. The number of nitrogen functional groups attached to an aromatic ring is 1. The second kappa shape index (κ2) is 2.73. The molecule has 2 N–H and O–H groups in total. The number of anilines is 2. The van der Waals surface area contributed by atoms with Crippen LogP contribution in [0.4, 0.5) is 11.4 Å². The monoisotopic (exact) mass is 240 g/mol. The van der Waals surface area contributed by atoms with Gasteiger partial charge in [0.05, 0.1) is 6.42 Å². The minimum absolute atomic E-state index is 0.112. The van der Waals surface area contributed by atoms with Gasteiger partial charge in [0, 0.05) is 28.5 Å². The number of fused-ring (bicyclic) bond motifs is 1. The molecule has 0 atom stereocenters. The normalized spacial score (nSPS) is 14.9. The van der Waals surface area contributed by atoms with Crippen molar-refractivity contribution in [2.45, 2.75) is 6.42 Å². The van der Waals surface area contributed by atoms with Gasteiger partial charge in [-0.05, 0) is 28.1 Å². The number of rotatable bonds is 0. The van der Waals surface area contributed by atoms with Crippen LogP contribution in [0.3, 0.4) is 0 Å². The molecule has 0 radical (unpaired) electrons. The smallest absolute Gasteiger partial charge is 0.231 e. The average molecular weight is 241 g/mol. The van der Waals surface area contributed by atoms with Crippen LogP contribution in [-0.4, -0.2) is 13.0 Å². The Morgan fingerprint density at radius 1 is 1.54 bits per heavy atom. The minimum atomic E-state index is 0.112. The van der Waals surface area contributed by atoms with E-state index in [-0.39, 0.29) is 5.91 Å². The summed E-state index contributed by atoms with van der Waals surface area (Å²) in [4.78, 5) is 13.0. The van der Waals surface area contributed by atoms with E-state index in [9.17, 15) is 4.79 Å². The lowest BCUT2D eigenvalue weighted by Crippen LogP contribution is -2.20. The lowest BCUT2D eigenvalue weighted by atomic mass is 10.1. The molecule has 0 spiro atoms. The molecular weight excluding hydrogens is 232 g/mol. The van der Waals surface area contributed by atoms with Gasteiger partial charge < -0.3 is 10.6 Å². The van der Waals surface area contributed by atoms with Crippen molar-refractivity contribution in [1.29, 1.82) is 0 Å². The van der Waals surface area contributed by atoms with Gasteiger partial charge in [0.15, 0.2) is 0 Å². The van der Waals surface area contributed by atoms with E-state index in [0.717, 1.165) is 15.7 Å². The summed E-state index contributed by atoms with van der Waals surface area (Å²) in [6, 6.07) is 3.68. The molecule has 68 valence electrons. The van der Waals surface area contributed by atoms with Gasteiger partial charge in [0.1, 0.15) is 0 Å². The molecule has 0 fully saturated rings. The minimum Gasteiger partial charge on any atom is -0.398 e. The first-order valence-corrected chi connectivity index (χ1v) is 4.74. The molecule has 0 saturated carbocycles. The van der Waals surface area contributed by atoms with E-state index in [2.05, 4.69) is 15.9 Å². The van der Waals surface area contributed by atoms with E-state index in [1.807, 2.05) is 6.07 Å². The molecule has 1 heterocycles. The predicted molar refractivity (Wildman–Crippen MR) is 55.7 cm³/mol. The number of amides is 1. The fourth-order valence-electron chi connectivity index (χ4n) is 1.52. The molecule has 1 amide bonds. The maximum Gasteiger partial charge on any atom is 0.231 e. The van der Waals surface area contributed by atoms with Crippen molar-refractivity contribution in [3.63, 3.8) is 0 Å². The lowest BCUT2D eigenvalue weighted by Gasteiger charge is -2.10. The maximum atomic E-state index is 11.4. The Kier molecular flexibility index (Phi) is 1.80. The number of hydrogen-bond donors (Lipinski definition) is 1. The van der Waals surface area contributed by atoms with Crippen LogP contribution in [0, 0.1) is 0 Å². The Labute approximate surface area is 84.6 Å². The molecule has 1 aliphatic heterocycles. The predicted octanol–water partition coefficient (Wildman–Crippen LogP) is 1.55. The fraction of sp³-hybridized carbons (Fsp3) is 0.222. The number of halogens is 1. The highest BCUT2D eigenvalue weighted by molar-refractivity contribution is 9.10. The zero-order valence-electron chi connectivity index (χ0n) is 7.17. The molecule has 1 aromatic rings. The third kappa shape index (κ3) is 1.13. The van der Waals surface area contributed by atoms with Crippen molar-refractivity contribution >= 4 is 33.2 Å². The molecule has 0 aromatic heterocycles. The Bertz CT molecular complexity index is 389. The van der Waals surface area contributed by atoms with Gasteiger partial charge in [0.25, 0.3) is 0 Å². The van der Waals surface area contributed by atoms with Crippen LogP contribution in [0.5, 0.6) is 0 Å². The molecule has 1 aromatic carbocycles. The molecule has 2 rings (SSSR count). The van der Waals surface area contributed by atoms with Crippen molar-refractivity contribution < 1.29 is 4.79 Å². The Hall–Kier alpha value is -1.03. The van der Waals surface area contributed by atoms with Crippen LogP contribution in [0.25, 0.3) is 0 Å². The third-order valence-corrected chi connectivity index (χ3v) is 3.25. The number of benzene rings is 1. The summed E-state index contributed by atoms with van der Waals surface area (Å²) < 4.78 is 0.850. The van der Waals surface area contributed by atoms with Crippen LogP contribution in [0.15, 0.2) is 16.6 Å². The second-order valence-corrected chi connectivity index (χ2v) is 3.89. The van der Waals surface area contributed by atoms with Crippen molar-refractivity contribution in [2.75, 3.05) is 17.7 Å². The van der Waals surface area contributed by atoms with Crippen LogP contribution in [0.2, 0.25) is 0 Å². The average Bonchev–Trinajstić information content (AvgIpc) is 2.38. The zero-order valence-corrected chi connectivity index (χ0v) is 8.76. The summed E-state index contributed by atoms with van der Waals surface area (Å²) in [5.41, 5.74) is 8.33. The highest BCUT2D eigenvalue weighted by Gasteiger charge is 2.26. The van der Waals surface area contributed by atoms with Gasteiger partial charge in [-0.25, -0.2) is 0 Å². The first kappa shape index (κ1) is 8.56. The molecule has 13 heavy (non-hydrogen) atoms. The largest absolute Gasteiger partial charge is 0.398 e. The summed E-state index contributed by atoms with van der Waals surface area (Å²) in [5, 5.41) is 0. The summed E-state index contributed by atoms with van der Waals surface area (Å²) >= 11 is 3.38. The van der Waals surface area contributed by atoms with Gasteiger partial charge in [0.2, 0.25) is 5.91 Å². The third-order valence-electron chi connectivity index (χ3n) is 2.31.